The lowest BCUT2D eigenvalue weighted by Gasteiger charge is -2.11. The minimum atomic E-state index is 0.379. The van der Waals surface area contributed by atoms with E-state index < -0.39 is 0 Å². The summed E-state index contributed by atoms with van der Waals surface area (Å²) in [5.41, 5.74) is 1.86. The summed E-state index contributed by atoms with van der Waals surface area (Å²) >= 11 is 0. The van der Waals surface area contributed by atoms with Crippen LogP contribution in [-0.4, -0.2) is 30.1 Å². The monoisotopic (exact) mass is 246 g/mol. The molecule has 1 aromatic carbocycles. The first-order valence-corrected chi connectivity index (χ1v) is 5.40. The molecular formula is C13H14N2O3. The number of hydrogen-bond donors (Lipinski definition) is 0. The molecule has 0 saturated carbocycles. The summed E-state index contributed by atoms with van der Waals surface area (Å²) in [5, 5.41) is 0. The Labute approximate surface area is 105 Å². The van der Waals surface area contributed by atoms with Gasteiger partial charge in [0.05, 0.1) is 26.2 Å². The Morgan fingerprint density at radius 2 is 2.06 bits per heavy atom. The summed E-state index contributed by atoms with van der Waals surface area (Å²) < 4.78 is 12.3. The van der Waals surface area contributed by atoms with Crippen molar-refractivity contribution in [2.24, 2.45) is 7.05 Å². The largest absolute Gasteiger partial charge is 0.497 e. The first-order chi connectivity index (χ1) is 8.71. The van der Waals surface area contributed by atoms with Gasteiger partial charge < -0.3 is 14.0 Å². The molecule has 2 aromatic rings. The molecule has 0 saturated heterocycles. The summed E-state index contributed by atoms with van der Waals surface area (Å²) in [6.45, 7) is 0. The zero-order valence-electron chi connectivity index (χ0n) is 10.5. The molecule has 2 rings (SSSR count). The Morgan fingerprint density at radius 3 is 2.67 bits per heavy atom. The normalized spacial score (nSPS) is 10.2. The molecule has 1 heterocycles. The van der Waals surface area contributed by atoms with Gasteiger partial charge in [0.2, 0.25) is 0 Å². The lowest BCUT2D eigenvalue weighted by molar-refractivity contribution is 0.112. The quantitative estimate of drug-likeness (QED) is 0.773. The SMILES string of the molecule is COc1ccc(OC)c(-c2c(C=O)ncn2C)c1. The maximum absolute atomic E-state index is 11.0. The van der Waals surface area contributed by atoms with Crippen LogP contribution < -0.4 is 9.47 Å². The van der Waals surface area contributed by atoms with Gasteiger partial charge in [-0.3, -0.25) is 4.79 Å². The molecule has 0 spiro atoms. The van der Waals surface area contributed by atoms with Gasteiger partial charge in [0.25, 0.3) is 0 Å². The number of hydrogen-bond acceptors (Lipinski definition) is 4. The van der Waals surface area contributed by atoms with Crippen molar-refractivity contribution in [3.8, 4) is 22.8 Å². The molecule has 18 heavy (non-hydrogen) atoms. The van der Waals surface area contributed by atoms with Crippen LogP contribution in [-0.2, 0) is 7.05 Å². The highest BCUT2D eigenvalue weighted by Crippen LogP contribution is 2.34. The molecule has 5 nitrogen and oxygen atoms in total. The van der Waals surface area contributed by atoms with Crippen molar-refractivity contribution < 1.29 is 14.3 Å². The number of carbonyl (C=O) groups excluding carboxylic acids is 1. The van der Waals surface area contributed by atoms with Crippen molar-refractivity contribution in [1.29, 1.82) is 0 Å². The lowest BCUT2D eigenvalue weighted by Crippen LogP contribution is -1.97. The summed E-state index contributed by atoms with van der Waals surface area (Å²) in [7, 11) is 5.01. The minimum absolute atomic E-state index is 0.379. The standard InChI is InChI=1S/C13H14N2O3/c1-15-8-14-11(7-16)13(15)10-6-9(17-2)4-5-12(10)18-3/h4-8H,1-3H3. The molecule has 0 fully saturated rings. The maximum Gasteiger partial charge on any atom is 0.170 e. The first-order valence-electron chi connectivity index (χ1n) is 5.40. The van der Waals surface area contributed by atoms with Gasteiger partial charge in [-0.05, 0) is 18.2 Å². The Morgan fingerprint density at radius 1 is 1.28 bits per heavy atom. The van der Waals surface area contributed by atoms with Crippen molar-refractivity contribution in [1.82, 2.24) is 9.55 Å². The second-order valence-corrected chi connectivity index (χ2v) is 3.77. The molecule has 5 heteroatoms. The summed E-state index contributed by atoms with van der Waals surface area (Å²) in [6, 6.07) is 5.43. The highest BCUT2D eigenvalue weighted by molar-refractivity contribution is 5.86. The maximum atomic E-state index is 11.0. The second kappa shape index (κ2) is 4.91. The zero-order valence-corrected chi connectivity index (χ0v) is 10.5. The van der Waals surface area contributed by atoms with Crippen molar-refractivity contribution in [2.45, 2.75) is 0 Å². The van der Waals surface area contributed by atoms with E-state index in [1.54, 1.807) is 37.2 Å². The van der Waals surface area contributed by atoms with Crippen LogP contribution in [0.2, 0.25) is 0 Å². The molecule has 0 atom stereocenters. The van der Waals surface area contributed by atoms with Gasteiger partial charge in [-0.25, -0.2) is 4.98 Å². The Hall–Kier alpha value is -2.30. The molecular weight excluding hydrogens is 232 g/mol. The van der Waals surface area contributed by atoms with Gasteiger partial charge in [-0.15, -0.1) is 0 Å². The van der Waals surface area contributed by atoms with Gasteiger partial charge in [0.15, 0.2) is 6.29 Å². The van der Waals surface area contributed by atoms with Crippen LogP contribution in [0.15, 0.2) is 24.5 Å². The van der Waals surface area contributed by atoms with E-state index in [0.29, 0.717) is 22.9 Å². The summed E-state index contributed by atoms with van der Waals surface area (Å²) in [6.07, 6.45) is 2.33. The predicted molar refractivity (Wildman–Crippen MR) is 67.1 cm³/mol. The Balaban J connectivity index is 2.67. The van der Waals surface area contributed by atoms with Crippen LogP contribution >= 0.6 is 0 Å². The molecule has 0 N–H and O–H groups in total. The van der Waals surface area contributed by atoms with Crippen molar-refractivity contribution in [3.63, 3.8) is 0 Å². The number of rotatable bonds is 4. The van der Waals surface area contributed by atoms with Crippen LogP contribution in [0.4, 0.5) is 0 Å². The molecule has 0 unspecified atom stereocenters. The Bertz CT molecular complexity index is 576. The number of aromatic nitrogens is 2. The topological polar surface area (TPSA) is 53.4 Å². The van der Waals surface area contributed by atoms with Crippen molar-refractivity contribution >= 4 is 6.29 Å². The van der Waals surface area contributed by atoms with Crippen molar-refractivity contribution in [2.75, 3.05) is 14.2 Å². The molecule has 1 aromatic heterocycles. The van der Waals surface area contributed by atoms with E-state index in [9.17, 15) is 4.79 Å². The highest BCUT2D eigenvalue weighted by atomic mass is 16.5. The molecule has 0 radical (unpaired) electrons. The first kappa shape index (κ1) is 12.2. The van der Waals surface area contributed by atoms with Gasteiger partial charge in [0, 0.05) is 12.6 Å². The van der Waals surface area contributed by atoms with E-state index in [1.165, 1.54) is 0 Å². The van der Waals surface area contributed by atoms with Gasteiger partial charge in [-0.1, -0.05) is 0 Å². The average Bonchev–Trinajstić information content (AvgIpc) is 2.78. The van der Waals surface area contributed by atoms with Crippen LogP contribution in [0, 0.1) is 0 Å². The third-order valence-corrected chi connectivity index (χ3v) is 2.74. The van der Waals surface area contributed by atoms with Crippen LogP contribution in [0.25, 0.3) is 11.3 Å². The van der Waals surface area contributed by atoms with E-state index in [-0.39, 0.29) is 0 Å². The van der Waals surface area contributed by atoms with Gasteiger partial charge in [0.1, 0.15) is 17.2 Å². The van der Waals surface area contributed by atoms with E-state index in [4.69, 9.17) is 9.47 Å². The van der Waals surface area contributed by atoms with Crippen LogP contribution in [0.3, 0.4) is 0 Å². The molecule has 0 aliphatic heterocycles. The lowest BCUT2D eigenvalue weighted by atomic mass is 10.1. The third-order valence-electron chi connectivity index (χ3n) is 2.74. The summed E-state index contributed by atoms with van der Waals surface area (Å²) in [5.74, 6) is 1.37. The molecule has 0 aliphatic carbocycles. The van der Waals surface area contributed by atoms with Crippen LogP contribution in [0.5, 0.6) is 11.5 Å². The minimum Gasteiger partial charge on any atom is -0.497 e. The number of methoxy groups -OCH3 is 2. The molecule has 94 valence electrons. The van der Waals surface area contributed by atoms with Crippen LogP contribution in [0.1, 0.15) is 10.5 Å². The zero-order chi connectivity index (χ0) is 13.1. The molecule has 0 bridgehead atoms. The van der Waals surface area contributed by atoms with Crippen molar-refractivity contribution in [3.05, 3.63) is 30.2 Å². The number of benzene rings is 1. The van der Waals surface area contributed by atoms with E-state index in [2.05, 4.69) is 4.98 Å². The second-order valence-electron chi connectivity index (χ2n) is 3.77. The fourth-order valence-corrected chi connectivity index (χ4v) is 1.86. The number of ether oxygens (including phenoxy) is 2. The third kappa shape index (κ3) is 1.95. The fourth-order valence-electron chi connectivity index (χ4n) is 1.86. The number of aryl methyl sites for hydroxylation is 1. The summed E-state index contributed by atoms with van der Waals surface area (Å²) in [4.78, 5) is 15.1. The van der Waals surface area contributed by atoms with E-state index in [1.807, 2.05) is 13.1 Å². The number of imidazole rings is 1. The molecule has 0 amide bonds. The number of carbonyl (C=O) groups is 1. The fraction of sp³-hybridized carbons (Fsp3) is 0.231. The highest BCUT2D eigenvalue weighted by Gasteiger charge is 2.15. The predicted octanol–water partition coefficient (Wildman–Crippen LogP) is 1.92. The number of nitrogens with zero attached hydrogens (tertiary/aromatic N) is 2. The number of aldehydes is 1. The van der Waals surface area contributed by atoms with E-state index >= 15 is 0 Å². The smallest absolute Gasteiger partial charge is 0.170 e. The van der Waals surface area contributed by atoms with E-state index in [0.717, 1.165) is 11.8 Å². The van der Waals surface area contributed by atoms with Gasteiger partial charge in [-0.2, -0.15) is 0 Å². The van der Waals surface area contributed by atoms with Gasteiger partial charge >= 0.3 is 0 Å². The average molecular weight is 246 g/mol. The Kier molecular flexibility index (Phi) is 3.32. The molecule has 0 aliphatic rings.